The molecule has 2 heterocycles. The summed E-state index contributed by atoms with van der Waals surface area (Å²) in [4.78, 5) is 38.4. The molecule has 36 heavy (non-hydrogen) atoms. The van der Waals surface area contributed by atoms with Crippen molar-refractivity contribution >= 4 is 23.9 Å². The van der Waals surface area contributed by atoms with Gasteiger partial charge in [-0.2, -0.15) is 0 Å². The fourth-order valence-electron chi connectivity index (χ4n) is 3.78. The van der Waals surface area contributed by atoms with E-state index in [0.717, 1.165) is 21.8 Å². The molecule has 0 spiro atoms. The second kappa shape index (κ2) is 10.8. The third kappa shape index (κ3) is 5.75. The smallest absolute Gasteiger partial charge is 0.331 e. The molecule has 1 aromatic heterocycles. The van der Waals surface area contributed by atoms with Crippen LogP contribution in [0.2, 0.25) is 0 Å². The van der Waals surface area contributed by atoms with E-state index in [1.807, 2.05) is 26.0 Å². The third-order valence-electron chi connectivity index (χ3n) is 5.38. The van der Waals surface area contributed by atoms with Crippen LogP contribution in [0.1, 0.15) is 22.5 Å². The predicted octanol–water partition coefficient (Wildman–Crippen LogP) is 4.02. The van der Waals surface area contributed by atoms with Gasteiger partial charge in [-0.05, 0) is 73.0 Å². The van der Waals surface area contributed by atoms with Crippen LogP contribution in [0.4, 0.5) is 4.79 Å². The number of amides is 4. The number of urea groups is 1. The van der Waals surface area contributed by atoms with Gasteiger partial charge in [0.1, 0.15) is 30.3 Å². The Labute approximate surface area is 208 Å². The Kier molecular flexibility index (Phi) is 7.39. The minimum Gasteiger partial charge on any atom is -0.493 e. The van der Waals surface area contributed by atoms with Crippen molar-refractivity contribution < 1.29 is 33.0 Å². The van der Waals surface area contributed by atoms with Gasteiger partial charge >= 0.3 is 6.03 Å². The second-order valence-electron chi connectivity index (χ2n) is 8.22. The molecular weight excluding hydrogens is 464 g/mol. The quantitative estimate of drug-likeness (QED) is 0.274. The normalized spacial score (nSPS) is 14.7. The van der Waals surface area contributed by atoms with Crippen molar-refractivity contribution in [1.82, 2.24) is 10.2 Å². The number of barbiturate groups is 1. The maximum absolute atomic E-state index is 12.9. The summed E-state index contributed by atoms with van der Waals surface area (Å²) in [7, 11) is 1.49. The van der Waals surface area contributed by atoms with Crippen molar-refractivity contribution in [1.29, 1.82) is 0 Å². The molecule has 4 amide bonds. The van der Waals surface area contributed by atoms with Crippen LogP contribution in [0.15, 0.2) is 64.8 Å². The Hall–Kier alpha value is -4.53. The number of benzene rings is 2. The first-order valence-corrected chi connectivity index (χ1v) is 11.3. The van der Waals surface area contributed by atoms with Crippen molar-refractivity contribution in [2.24, 2.45) is 0 Å². The summed E-state index contributed by atoms with van der Waals surface area (Å²) >= 11 is 0. The molecule has 0 radical (unpaired) electrons. The van der Waals surface area contributed by atoms with Crippen molar-refractivity contribution in [2.75, 3.05) is 20.3 Å². The fraction of sp³-hybridized carbons (Fsp3) is 0.222. The number of carbonyl (C=O) groups is 3. The fourth-order valence-corrected chi connectivity index (χ4v) is 3.78. The Morgan fingerprint density at radius 3 is 2.39 bits per heavy atom. The Morgan fingerprint density at radius 2 is 1.69 bits per heavy atom. The molecule has 0 atom stereocenters. The van der Waals surface area contributed by atoms with Crippen LogP contribution in [0.25, 0.3) is 6.08 Å². The van der Waals surface area contributed by atoms with Crippen LogP contribution in [-0.4, -0.2) is 43.1 Å². The van der Waals surface area contributed by atoms with Gasteiger partial charge in [0.15, 0.2) is 11.5 Å². The Bertz CT molecular complexity index is 1290. The molecule has 0 unspecified atom stereocenters. The van der Waals surface area contributed by atoms with Crippen LogP contribution < -0.4 is 19.5 Å². The number of furan rings is 1. The number of aryl methyl sites for hydroxylation is 2. The van der Waals surface area contributed by atoms with Crippen LogP contribution in [0.3, 0.4) is 0 Å². The lowest BCUT2D eigenvalue weighted by molar-refractivity contribution is -0.130. The van der Waals surface area contributed by atoms with Crippen molar-refractivity contribution in [3.05, 3.63) is 82.8 Å². The van der Waals surface area contributed by atoms with Crippen molar-refractivity contribution in [3.8, 4) is 17.2 Å². The Morgan fingerprint density at radius 1 is 0.944 bits per heavy atom. The zero-order chi connectivity index (χ0) is 25.7. The molecule has 1 aliphatic heterocycles. The number of hydrogen-bond acceptors (Lipinski definition) is 7. The third-order valence-corrected chi connectivity index (χ3v) is 5.38. The highest BCUT2D eigenvalue weighted by atomic mass is 16.5. The summed E-state index contributed by atoms with van der Waals surface area (Å²) in [5.74, 6) is 0.601. The summed E-state index contributed by atoms with van der Waals surface area (Å²) in [6, 6.07) is 13.5. The molecule has 1 saturated heterocycles. The summed E-state index contributed by atoms with van der Waals surface area (Å²) in [5, 5.41) is 2.18. The SMILES string of the molecule is COc1cc(C=C2C(=O)NC(=O)N(Cc3ccco3)C2=O)ccc1OCCOc1cc(C)cc(C)c1. The van der Waals surface area contributed by atoms with E-state index in [1.54, 1.807) is 30.3 Å². The minimum atomic E-state index is -0.803. The van der Waals surface area contributed by atoms with Gasteiger partial charge in [0.05, 0.1) is 19.9 Å². The van der Waals surface area contributed by atoms with Gasteiger partial charge in [0.25, 0.3) is 11.8 Å². The number of hydrogen-bond donors (Lipinski definition) is 1. The van der Waals surface area contributed by atoms with E-state index in [9.17, 15) is 14.4 Å². The highest BCUT2D eigenvalue weighted by Gasteiger charge is 2.36. The number of ether oxygens (including phenoxy) is 3. The average molecular weight is 491 g/mol. The topological polar surface area (TPSA) is 107 Å². The van der Waals surface area contributed by atoms with Gasteiger partial charge in [0, 0.05) is 0 Å². The van der Waals surface area contributed by atoms with Crippen molar-refractivity contribution in [2.45, 2.75) is 20.4 Å². The minimum absolute atomic E-state index is 0.0947. The lowest BCUT2D eigenvalue weighted by Crippen LogP contribution is -2.53. The molecule has 1 aliphatic rings. The maximum atomic E-state index is 12.9. The van der Waals surface area contributed by atoms with Crippen molar-refractivity contribution in [3.63, 3.8) is 0 Å². The molecule has 9 nitrogen and oxygen atoms in total. The van der Waals surface area contributed by atoms with Gasteiger partial charge in [-0.25, -0.2) is 4.79 Å². The van der Waals surface area contributed by atoms with Crippen LogP contribution in [-0.2, 0) is 16.1 Å². The zero-order valence-corrected chi connectivity index (χ0v) is 20.2. The first-order chi connectivity index (χ1) is 17.3. The van der Waals surface area contributed by atoms with Crippen LogP contribution in [0.5, 0.6) is 17.2 Å². The number of imide groups is 2. The second-order valence-corrected chi connectivity index (χ2v) is 8.22. The number of nitrogens with zero attached hydrogens (tertiary/aromatic N) is 1. The van der Waals surface area contributed by atoms with Gasteiger partial charge in [0.2, 0.25) is 0 Å². The summed E-state index contributed by atoms with van der Waals surface area (Å²) < 4.78 is 22.2. The number of carbonyl (C=O) groups excluding carboxylic acids is 3. The predicted molar refractivity (Wildman–Crippen MR) is 131 cm³/mol. The summed E-state index contributed by atoms with van der Waals surface area (Å²) in [6.07, 6.45) is 2.84. The molecule has 1 fully saturated rings. The molecule has 4 rings (SSSR count). The Balaban J connectivity index is 1.43. The van der Waals surface area contributed by atoms with E-state index >= 15 is 0 Å². The highest BCUT2D eigenvalue weighted by molar-refractivity contribution is 6.30. The molecule has 0 aliphatic carbocycles. The van der Waals surface area contributed by atoms with Gasteiger partial charge in [-0.3, -0.25) is 19.8 Å². The lowest BCUT2D eigenvalue weighted by Gasteiger charge is -2.25. The lowest BCUT2D eigenvalue weighted by atomic mass is 10.1. The van der Waals surface area contributed by atoms with E-state index in [-0.39, 0.29) is 18.7 Å². The first kappa shape index (κ1) is 24.6. The molecule has 9 heteroatoms. The van der Waals surface area contributed by atoms with Gasteiger partial charge < -0.3 is 18.6 Å². The van der Waals surface area contributed by atoms with E-state index in [2.05, 4.69) is 11.4 Å². The van der Waals surface area contributed by atoms with E-state index in [1.165, 1.54) is 19.4 Å². The zero-order valence-electron chi connectivity index (χ0n) is 20.2. The van der Waals surface area contributed by atoms with E-state index < -0.39 is 17.8 Å². The maximum Gasteiger partial charge on any atom is 0.331 e. The van der Waals surface area contributed by atoms with E-state index in [4.69, 9.17) is 18.6 Å². The largest absolute Gasteiger partial charge is 0.493 e. The molecular formula is C27H26N2O7. The van der Waals surface area contributed by atoms with Crippen LogP contribution >= 0.6 is 0 Å². The van der Waals surface area contributed by atoms with Gasteiger partial charge in [-0.15, -0.1) is 0 Å². The standard InChI is InChI=1S/C27H26N2O7/c1-17-11-18(2)13-21(12-17)35-9-10-36-23-7-6-19(15-24(23)33-3)14-22-25(30)28-27(32)29(26(22)31)16-20-5-4-8-34-20/h4-8,11-15H,9-10,16H2,1-3H3,(H,28,30,32). The number of rotatable bonds is 9. The number of methoxy groups -OCH3 is 1. The average Bonchev–Trinajstić information content (AvgIpc) is 3.35. The van der Waals surface area contributed by atoms with E-state index in [0.29, 0.717) is 29.4 Å². The highest BCUT2D eigenvalue weighted by Crippen LogP contribution is 2.29. The molecule has 1 N–H and O–H groups in total. The number of nitrogens with one attached hydrogen (secondary N) is 1. The molecule has 2 aromatic carbocycles. The monoisotopic (exact) mass is 490 g/mol. The molecule has 0 saturated carbocycles. The molecule has 0 bridgehead atoms. The molecule has 186 valence electrons. The summed E-state index contributed by atoms with van der Waals surface area (Å²) in [5.41, 5.74) is 2.59. The molecule has 3 aromatic rings. The summed E-state index contributed by atoms with van der Waals surface area (Å²) in [6.45, 7) is 4.55. The first-order valence-electron chi connectivity index (χ1n) is 11.3. The van der Waals surface area contributed by atoms with Crippen LogP contribution in [0, 0.1) is 13.8 Å². The van der Waals surface area contributed by atoms with Gasteiger partial charge in [-0.1, -0.05) is 12.1 Å².